The summed E-state index contributed by atoms with van der Waals surface area (Å²) in [7, 11) is 0. The highest BCUT2D eigenvalue weighted by Gasteiger charge is 2.14. The summed E-state index contributed by atoms with van der Waals surface area (Å²) in [4.78, 5) is 13.4. The van der Waals surface area contributed by atoms with E-state index in [1.807, 2.05) is 41.1 Å². The van der Waals surface area contributed by atoms with E-state index in [0.29, 0.717) is 11.9 Å². The number of nitrogens with zero attached hydrogens (tertiary/aromatic N) is 4. The molecular formula is C16H18N6. The molecule has 0 spiro atoms. The highest BCUT2D eigenvalue weighted by atomic mass is 15.1. The predicted octanol–water partition coefficient (Wildman–Crippen LogP) is 1.96. The van der Waals surface area contributed by atoms with E-state index in [1.165, 1.54) is 12.8 Å². The second kappa shape index (κ2) is 5.73. The lowest BCUT2D eigenvalue weighted by molar-refractivity contribution is 0.479. The molecule has 6 nitrogen and oxygen atoms in total. The molecule has 6 heteroatoms. The van der Waals surface area contributed by atoms with Crippen LogP contribution in [-0.2, 0) is 0 Å². The van der Waals surface area contributed by atoms with Crippen LogP contribution in [0.4, 0.5) is 5.82 Å². The minimum Gasteiger partial charge on any atom is -0.366 e. The molecule has 1 atom stereocenters. The van der Waals surface area contributed by atoms with Crippen molar-refractivity contribution in [2.24, 2.45) is 0 Å². The Morgan fingerprint density at radius 3 is 3.14 bits per heavy atom. The van der Waals surface area contributed by atoms with Crippen LogP contribution in [0.2, 0.25) is 0 Å². The van der Waals surface area contributed by atoms with Crippen molar-refractivity contribution in [3.63, 3.8) is 0 Å². The molecule has 3 aromatic heterocycles. The zero-order chi connectivity index (χ0) is 14.8. The molecule has 1 fully saturated rings. The van der Waals surface area contributed by atoms with Gasteiger partial charge in [-0.2, -0.15) is 0 Å². The molecule has 1 aliphatic heterocycles. The Balaban J connectivity index is 1.63. The van der Waals surface area contributed by atoms with Crippen molar-refractivity contribution in [2.45, 2.75) is 18.9 Å². The minimum absolute atomic E-state index is 0.429. The molecule has 1 saturated heterocycles. The number of aromatic nitrogens is 4. The van der Waals surface area contributed by atoms with Gasteiger partial charge in [-0.15, -0.1) is 0 Å². The molecule has 22 heavy (non-hydrogen) atoms. The maximum atomic E-state index is 4.65. The van der Waals surface area contributed by atoms with Gasteiger partial charge < -0.3 is 10.6 Å². The number of hydrogen-bond acceptors (Lipinski definition) is 5. The van der Waals surface area contributed by atoms with E-state index < -0.39 is 0 Å². The number of rotatable bonds is 3. The molecule has 0 unspecified atom stereocenters. The van der Waals surface area contributed by atoms with Crippen LogP contribution in [0.5, 0.6) is 0 Å². The first-order valence-corrected chi connectivity index (χ1v) is 7.63. The number of piperidine rings is 1. The first-order valence-electron chi connectivity index (χ1n) is 7.63. The Labute approximate surface area is 128 Å². The van der Waals surface area contributed by atoms with Crippen LogP contribution in [0.3, 0.4) is 0 Å². The predicted molar refractivity (Wildman–Crippen MR) is 85.7 cm³/mol. The van der Waals surface area contributed by atoms with Crippen molar-refractivity contribution >= 4 is 11.5 Å². The summed E-state index contributed by atoms with van der Waals surface area (Å²) in [5.74, 6) is 1.55. The Kier molecular flexibility index (Phi) is 3.44. The molecule has 112 valence electrons. The van der Waals surface area contributed by atoms with Crippen LogP contribution in [0.1, 0.15) is 12.8 Å². The summed E-state index contributed by atoms with van der Waals surface area (Å²) in [6.45, 7) is 2.09. The van der Waals surface area contributed by atoms with Gasteiger partial charge in [0.25, 0.3) is 0 Å². The molecule has 3 aromatic rings. The Bertz CT molecular complexity index is 775. The van der Waals surface area contributed by atoms with E-state index in [0.717, 1.165) is 30.2 Å². The lowest BCUT2D eigenvalue weighted by atomic mass is 10.1. The van der Waals surface area contributed by atoms with E-state index in [9.17, 15) is 0 Å². The van der Waals surface area contributed by atoms with Gasteiger partial charge in [0.15, 0.2) is 5.82 Å². The summed E-state index contributed by atoms with van der Waals surface area (Å²) < 4.78 is 2.00. The van der Waals surface area contributed by atoms with Crippen molar-refractivity contribution in [3.8, 4) is 11.5 Å². The molecule has 0 radical (unpaired) electrons. The molecule has 0 bridgehead atoms. The molecule has 0 saturated carbocycles. The zero-order valence-electron chi connectivity index (χ0n) is 12.2. The lowest BCUT2D eigenvalue weighted by Crippen LogP contribution is -2.38. The van der Waals surface area contributed by atoms with Crippen molar-refractivity contribution in [2.75, 3.05) is 18.4 Å². The van der Waals surface area contributed by atoms with Gasteiger partial charge in [-0.05, 0) is 37.6 Å². The number of hydrogen-bond donors (Lipinski definition) is 2. The van der Waals surface area contributed by atoms with Gasteiger partial charge in [0, 0.05) is 25.0 Å². The molecular weight excluding hydrogens is 276 g/mol. The second-order valence-electron chi connectivity index (χ2n) is 5.53. The van der Waals surface area contributed by atoms with E-state index in [1.54, 1.807) is 6.20 Å². The SMILES string of the molecule is c1ccn2c(-c3nccc(N[C@@H]4CCCNC4)n3)cnc2c1. The topological polar surface area (TPSA) is 67.1 Å². The number of nitrogens with one attached hydrogen (secondary N) is 2. The highest BCUT2D eigenvalue weighted by molar-refractivity contribution is 5.58. The van der Waals surface area contributed by atoms with Gasteiger partial charge in [-0.1, -0.05) is 6.07 Å². The van der Waals surface area contributed by atoms with Crippen LogP contribution in [0, 0.1) is 0 Å². The average Bonchev–Trinajstić information content (AvgIpc) is 3.00. The second-order valence-corrected chi connectivity index (χ2v) is 5.53. The highest BCUT2D eigenvalue weighted by Crippen LogP contribution is 2.18. The first-order chi connectivity index (χ1) is 10.9. The quantitative estimate of drug-likeness (QED) is 0.773. The molecule has 4 heterocycles. The fourth-order valence-corrected chi connectivity index (χ4v) is 2.84. The summed E-state index contributed by atoms with van der Waals surface area (Å²) in [6, 6.07) is 8.27. The molecule has 0 amide bonds. The average molecular weight is 294 g/mol. The van der Waals surface area contributed by atoms with Crippen molar-refractivity contribution < 1.29 is 0 Å². The number of anilines is 1. The monoisotopic (exact) mass is 294 g/mol. The zero-order valence-corrected chi connectivity index (χ0v) is 12.2. The molecule has 4 rings (SSSR count). The first kappa shape index (κ1) is 13.2. The summed E-state index contributed by atoms with van der Waals surface area (Å²) in [5, 5.41) is 6.89. The molecule has 2 N–H and O–H groups in total. The third-order valence-electron chi connectivity index (χ3n) is 3.95. The third-order valence-corrected chi connectivity index (χ3v) is 3.95. The lowest BCUT2D eigenvalue weighted by Gasteiger charge is -2.24. The number of imidazole rings is 1. The maximum absolute atomic E-state index is 4.65. The fourth-order valence-electron chi connectivity index (χ4n) is 2.84. The largest absolute Gasteiger partial charge is 0.366 e. The molecule has 0 aromatic carbocycles. The summed E-state index contributed by atoms with van der Waals surface area (Å²) >= 11 is 0. The van der Waals surface area contributed by atoms with Gasteiger partial charge in [-0.25, -0.2) is 15.0 Å². The summed E-state index contributed by atoms with van der Waals surface area (Å²) in [6.07, 6.45) is 7.96. The van der Waals surface area contributed by atoms with Gasteiger partial charge >= 0.3 is 0 Å². The van der Waals surface area contributed by atoms with Crippen LogP contribution in [-0.4, -0.2) is 38.5 Å². The normalized spacial score (nSPS) is 18.5. The van der Waals surface area contributed by atoms with E-state index in [2.05, 4.69) is 25.6 Å². The van der Waals surface area contributed by atoms with Gasteiger partial charge in [0.1, 0.15) is 17.2 Å². The Hall–Kier alpha value is -2.47. The maximum Gasteiger partial charge on any atom is 0.180 e. The van der Waals surface area contributed by atoms with Crippen LogP contribution in [0.15, 0.2) is 42.9 Å². The minimum atomic E-state index is 0.429. The summed E-state index contributed by atoms with van der Waals surface area (Å²) in [5.41, 5.74) is 1.80. The van der Waals surface area contributed by atoms with E-state index in [-0.39, 0.29) is 0 Å². The van der Waals surface area contributed by atoms with E-state index in [4.69, 9.17) is 0 Å². The van der Waals surface area contributed by atoms with Gasteiger partial charge in [-0.3, -0.25) is 4.40 Å². The number of pyridine rings is 1. The standard InChI is InChI=1S/C16H18N6/c1-2-9-22-13(11-19-15(22)5-1)16-18-8-6-14(21-16)20-12-4-3-7-17-10-12/h1-2,5-6,8-9,11-12,17H,3-4,7,10H2,(H,18,20,21)/t12-/m1/s1. The Morgan fingerprint density at radius 1 is 1.23 bits per heavy atom. The van der Waals surface area contributed by atoms with Crippen LogP contribution < -0.4 is 10.6 Å². The smallest absolute Gasteiger partial charge is 0.180 e. The molecule has 0 aliphatic carbocycles. The van der Waals surface area contributed by atoms with Crippen LogP contribution in [0.25, 0.3) is 17.2 Å². The van der Waals surface area contributed by atoms with Crippen molar-refractivity contribution in [3.05, 3.63) is 42.9 Å². The van der Waals surface area contributed by atoms with Gasteiger partial charge in [0.2, 0.25) is 0 Å². The van der Waals surface area contributed by atoms with Crippen molar-refractivity contribution in [1.29, 1.82) is 0 Å². The Morgan fingerprint density at radius 2 is 2.23 bits per heavy atom. The van der Waals surface area contributed by atoms with E-state index >= 15 is 0 Å². The fraction of sp³-hybridized carbons (Fsp3) is 0.312. The molecule has 1 aliphatic rings. The van der Waals surface area contributed by atoms with Crippen LogP contribution >= 0.6 is 0 Å². The van der Waals surface area contributed by atoms with Crippen molar-refractivity contribution in [1.82, 2.24) is 24.7 Å². The van der Waals surface area contributed by atoms with Gasteiger partial charge in [0.05, 0.1) is 6.20 Å². The third kappa shape index (κ3) is 2.53. The number of fused-ring (bicyclic) bond motifs is 1.